The van der Waals surface area contributed by atoms with Crippen LogP contribution in [0.5, 0.6) is 0 Å². The van der Waals surface area contributed by atoms with Crippen LogP contribution in [0.15, 0.2) is 24.3 Å². The molecular formula is C8H7F3KN. The first-order valence-corrected chi connectivity index (χ1v) is 3.35. The molecule has 0 amide bonds. The molecular weight excluding hydrogens is 206 g/mol. The fraction of sp³-hybridized carbons (Fsp3) is 0.250. The molecule has 0 aliphatic rings. The van der Waals surface area contributed by atoms with Gasteiger partial charge in [-0.1, -0.05) is 23.8 Å². The van der Waals surface area contributed by atoms with Gasteiger partial charge in [-0.25, -0.2) is 0 Å². The van der Waals surface area contributed by atoms with Crippen molar-refractivity contribution < 1.29 is 64.6 Å². The maximum Gasteiger partial charge on any atom is 1.00 e. The smallest absolute Gasteiger partial charge is 0.674 e. The molecule has 1 aromatic rings. The zero-order valence-corrected chi connectivity index (χ0v) is 10.3. The largest absolute Gasteiger partial charge is 1.00 e. The van der Waals surface area contributed by atoms with Crippen molar-refractivity contribution >= 4 is 0 Å². The van der Waals surface area contributed by atoms with E-state index in [4.69, 9.17) is 5.73 Å². The topological polar surface area (TPSA) is 23.8 Å². The Hall–Kier alpha value is 0.606. The molecule has 0 fully saturated rings. The molecule has 1 N–H and O–H groups in total. The van der Waals surface area contributed by atoms with Gasteiger partial charge in [0.2, 0.25) is 0 Å². The van der Waals surface area contributed by atoms with E-state index >= 15 is 0 Å². The number of hydrogen-bond donors (Lipinski definition) is 0. The second kappa shape index (κ2) is 5.48. The Morgan fingerprint density at radius 3 is 2.31 bits per heavy atom. The molecule has 66 valence electrons. The van der Waals surface area contributed by atoms with E-state index in [0.717, 1.165) is 12.1 Å². The Kier molecular flexibility index (Phi) is 5.73. The second-order valence-electron chi connectivity index (χ2n) is 2.37. The zero-order chi connectivity index (χ0) is 9.19. The SMILES string of the molecule is [K+].[NH-]Cc1cccc(C(F)(F)F)c1. The van der Waals surface area contributed by atoms with E-state index in [0.29, 0.717) is 5.56 Å². The van der Waals surface area contributed by atoms with E-state index in [2.05, 4.69) is 0 Å². The molecule has 0 aromatic heterocycles. The van der Waals surface area contributed by atoms with Gasteiger partial charge in [-0.15, -0.1) is 6.54 Å². The Balaban J connectivity index is 0.00000144. The number of rotatable bonds is 1. The van der Waals surface area contributed by atoms with Gasteiger partial charge in [0.25, 0.3) is 0 Å². The molecule has 0 heterocycles. The fourth-order valence-corrected chi connectivity index (χ4v) is 0.858. The van der Waals surface area contributed by atoms with Gasteiger partial charge in [0, 0.05) is 0 Å². The Labute approximate surface area is 117 Å². The summed E-state index contributed by atoms with van der Waals surface area (Å²) < 4.78 is 36.1. The number of benzene rings is 1. The number of alkyl halides is 3. The maximum atomic E-state index is 12.0. The summed E-state index contributed by atoms with van der Waals surface area (Å²) in [4.78, 5) is 0. The molecule has 0 bridgehead atoms. The van der Waals surface area contributed by atoms with Gasteiger partial charge >= 0.3 is 57.6 Å². The minimum atomic E-state index is -4.30. The first kappa shape index (κ1) is 13.6. The summed E-state index contributed by atoms with van der Waals surface area (Å²) in [5.74, 6) is 0. The molecule has 0 aliphatic heterocycles. The third-order valence-electron chi connectivity index (χ3n) is 1.46. The normalized spacial score (nSPS) is 10.8. The quantitative estimate of drug-likeness (QED) is 0.598. The standard InChI is InChI=1S/C8H7F3N.K/c9-8(10,11)7-3-1-2-6(4-7)5-12;/h1-4,12H,5H2;/q-1;+1. The summed E-state index contributed by atoms with van der Waals surface area (Å²) in [5, 5.41) is 0. The first-order valence-electron chi connectivity index (χ1n) is 3.35. The molecule has 0 spiro atoms. The van der Waals surface area contributed by atoms with Crippen LogP contribution in [0.4, 0.5) is 13.2 Å². The van der Waals surface area contributed by atoms with Gasteiger partial charge in [0.1, 0.15) is 0 Å². The third kappa shape index (κ3) is 4.10. The van der Waals surface area contributed by atoms with Gasteiger partial charge in [-0.3, -0.25) is 0 Å². The zero-order valence-electron chi connectivity index (χ0n) is 7.15. The van der Waals surface area contributed by atoms with Crippen LogP contribution in [0.3, 0.4) is 0 Å². The maximum absolute atomic E-state index is 12.0. The third-order valence-corrected chi connectivity index (χ3v) is 1.46. The summed E-state index contributed by atoms with van der Waals surface area (Å²) in [7, 11) is 0. The molecule has 0 atom stereocenters. The molecule has 0 unspecified atom stereocenters. The average molecular weight is 213 g/mol. The predicted octanol–water partition coefficient (Wildman–Crippen LogP) is 0.262. The molecule has 0 saturated carbocycles. The van der Waals surface area contributed by atoms with Gasteiger partial charge < -0.3 is 5.73 Å². The summed E-state index contributed by atoms with van der Waals surface area (Å²) in [6.45, 7) is -0.121. The first-order chi connectivity index (χ1) is 5.54. The van der Waals surface area contributed by atoms with Crippen LogP contribution in [0.1, 0.15) is 11.1 Å². The summed E-state index contributed by atoms with van der Waals surface area (Å²) in [5.41, 5.74) is 6.57. The van der Waals surface area contributed by atoms with Crippen LogP contribution in [-0.2, 0) is 12.7 Å². The van der Waals surface area contributed by atoms with Crippen molar-refractivity contribution in [1.82, 2.24) is 0 Å². The molecule has 5 heteroatoms. The summed E-state index contributed by atoms with van der Waals surface area (Å²) >= 11 is 0. The van der Waals surface area contributed by atoms with Crippen LogP contribution < -0.4 is 51.4 Å². The molecule has 0 aliphatic carbocycles. The average Bonchev–Trinajstić information content (AvgIpc) is 2.03. The minimum Gasteiger partial charge on any atom is -0.674 e. The van der Waals surface area contributed by atoms with Crippen molar-refractivity contribution in [3.63, 3.8) is 0 Å². The van der Waals surface area contributed by atoms with Crippen LogP contribution >= 0.6 is 0 Å². The summed E-state index contributed by atoms with van der Waals surface area (Å²) in [6.07, 6.45) is -4.30. The van der Waals surface area contributed by atoms with Crippen molar-refractivity contribution in [2.75, 3.05) is 0 Å². The van der Waals surface area contributed by atoms with Gasteiger partial charge in [-0.2, -0.15) is 13.2 Å². The molecule has 0 radical (unpaired) electrons. The molecule has 0 saturated heterocycles. The number of hydrogen-bond acceptors (Lipinski definition) is 0. The molecule has 13 heavy (non-hydrogen) atoms. The van der Waals surface area contributed by atoms with Gasteiger partial charge in [0.15, 0.2) is 0 Å². The van der Waals surface area contributed by atoms with E-state index in [-0.39, 0.29) is 57.9 Å². The predicted molar refractivity (Wildman–Crippen MR) is 39.5 cm³/mol. The van der Waals surface area contributed by atoms with E-state index < -0.39 is 11.7 Å². The van der Waals surface area contributed by atoms with E-state index in [9.17, 15) is 13.2 Å². The fourth-order valence-electron chi connectivity index (χ4n) is 0.858. The van der Waals surface area contributed by atoms with Gasteiger partial charge in [-0.05, 0) is 6.07 Å². The molecule has 1 aromatic carbocycles. The van der Waals surface area contributed by atoms with E-state index in [1.54, 1.807) is 0 Å². The van der Waals surface area contributed by atoms with Crippen molar-refractivity contribution in [3.05, 3.63) is 41.1 Å². The van der Waals surface area contributed by atoms with Crippen LogP contribution in [0.2, 0.25) is 0 Å². The van der Waals surface area contributed by atoms with Crippen LogP contribution in [0.25, 0.3) is 5.73 Å². The van der Waals surface area contributed by atoms with Crippen molar-refractivity contribution in [2.45, 2.75) is 12.7 Å². The Morgan fingerprint density at radius 1 is 1.23 bits per heavy atom. The van der Waals surface area contributed by atoms with E-state index in [1.807, 2.05) is 0 Å². The minimum absolute atomic E-state index is 0. The van der Waals surface area contributed by atoms with Crippen molar-refractivity contribution in [1.29, 1.82) is 0 Å². The van der Waals surface area contributed by atoms with Gasteiger partial charge in [0.05, 0.1) is 5.56 Å². The Morgan fingerprint density at radius 2 is 1.85 bits per heavy atom. The van der Waals surface area contributed by atoms with Crippen molar-refractivity contribution in [3.8, 4) is 0 Å². The second-order valence-corrected chi connectivity index (χ2v) is 2.37. The number of nitrogens with one attached hydrogen (secondary N) is 1. The van der Waals surface area contributed by atoms with Crippen molar-refractivity contribution in [2.24, 2.45) is 0 Å². The monoisotopic (exact) mass is 213 g/mol. The van der Waals surface area contributed by atoms with E-state index in [1.165, 1.54) is 12.1 Å². The Bertz CT molecular complexity index is 272. The molecule has 1 nitrogen and oxygen atoms in total. The summed E-state index contributed by atoms with van der Waals surface area (Å²) in [6, 6.07) is 4.81. The van der Waals surface area contributed by atoms with Crippen LogP contribution in [0, 0.1) is 0 Å². The number of halogens is 3. The van der Waals surface area contributed by atoms with Crippen LogP contribution in [-0.4, -0.2) is 0 Å². The molecule has 1 rings (SSSR count).